The highest BCUT2D eigenvalue weighted by molar-refractivity contribution is 7.98. The van der Waals surface area contributed by atoms with E-state index in [9.17, 15) is 0 Å². The number of hydrogen-bond acceptors (Lipinski definition) is 4. The van der Waals surface area contributed by atoms with Crippen LogP contribution in [0.1, 0.15) is 19.2 Å². The fourth-order valence-electron chi connectivity index (χ4n) is 1.32. The highest BCUT2D eigenvalue weighted by Gasteiger charge is 2.08. The van der Waals surface area contributed by atoms with E-state index in [0.717, 1.165) is 31.0 Å². The van der Waals surface area contributed by atoms with Gasteiger partial charge in [0.05, 0.1) is 0 Å². The highest BCUT2D eigenvalue weighted by Crippen LogP contribution is 2.04. The average molecular weight is 214 g/mol. The van der Waals surface area contributed by atoms with E-state index in [4.69, 9.17) is 5.73 Å². The van der Waals surface area contributed by atoms with E-state index in [0.29, 0.717) is 0 Å². The molecule has 0 amide bonds. The minimum absolute atomic E-state index is 0.206. The van der Waals surface area contributed by atoms with Crippen LogP contribution in [-0.2, 0) is 13.0 Å². The lowest BCUT2D eigenvalue weighted by molar-refractivity contribution is 0.563. The topological polar surface area (TPSA) is 56.7 Å². The number of nitrogens with two attached hydrogens (primary N) is 1. The molecule has 0 spiro atoms. The third-order valence-electron chi connectivity index (χ3n) is 2.13. The first-order valence-electron chi connectivity index (χ1n) is 4.89. The molecule has 1 aromatic heterocycles. The van der Waals surface area contributed by atoms with Crippen LogP contribution in [0.2, 0.25) is 0 Å². The van der Waals surface area contributed by atoms with Gasteiger partial charge in [-0.15, -0.1) is 0 Å². The van der Waals surface area contributed by atoms with Crippen LogP contribution >= 0.6 is 11.8 Å². The lowest BCUT2D eigenvalue weighted by Gasteiger charge is -2.10. The molecule has 2 N–H and O–H groups in total. The molecule has 0 aromatic carbocycles. The summed E-state index contributed by atoms with van der Waals surface area (Å²) in [5.74, 6) is 2.11. The molecule has 0 saturated carbocycles. The molecule has 0 aliphatic rings. The summed E-state index contributed by atoms with van der Waals surface area (Å²) in [7, 11) is 0. The highest BCUT2D eigenvalue weighted by atomic mass is 32.2. The maximum absolute atomic E-state index is 5.98. The lowest BCUT2D eigenvalue weighted by atomic mass is 10.1. The van der Waals surface area contributed by atoms with Crippen molar-refractivity contribution in [1.29, 1.82) is 0 Å². The van der Waals surface area contributed by atoms with Crippen molar-refractivity contribution in [1.82, 2.24) is 14.8 Å². The summed E-state index contributed by atoms with van der Waals surface area (Å²) >= 11 is 1.83. The van der Waals surface area contributed by atoms with Crippen LogP contribution in [0.25, 0.3) is 0 Å². The largest absolute Gasteiger partial charge is 0.327 e. The van der Waals surface area contributed by atoms with Crippen LogP contribution in [0.5, 0.6) is 0 Å². The van der Waals surface area contributed by atoms with Gasteiger partial charge in [-0.05, 0) is 25.4 Å². The molecule has 4 nitrogen and oxygen atoms in total. The molecular formula is C9H18N4S. The summed E-state index contributed by atoms with van der Waals surface area (Å²) in [6.07, 6.45) is 5.56. The van der Waals surface area contributed by atoms with Crippen LogP contribution in [0.3, 0.4) is 0 Å². The smallest absolute Gasteiger partial charge is 0.138 e. The summed E-state index contributed by atoms with van der Waals surface area (Å²) in [6, 6.07) is 0.206. The summed E-state index contributed by atoms with van der Waals surface area (Å²) in [4.78, 5) is 4.20. The predicted molar refractivity (Wildman–Crippen MR) is 60.4 cm³/mol. The fraction of sp³-hybridized carbons (Fsp3) is 0.778. The van der Waals surface area contributed by atoms with E-state index in [1.165, 1.54) is 0 Å². The Kier molecular flexibility index (Phi) is 4.97. The second kappa shape index (κ2) is 6.03. The molecule has 80 valence electrons. The Labute approximate surface area is 89.3 Å². The molecule has 0 radical (unpaired) electrons. The van der Waals surface area contributed by atoms with Gasteiger partial charge in [-0.25, -0.2) is 4.98 Å². The zero-order valence-corrected chi connectivity index (χ0v) is 9.63. The zero-order chi connectivity index (χ0) is 10.4. The Morgan fingerprint density at radius 3 is 3.07 bits per heavy atom. The molecule has 1 atom stereocenters. The fourth-order valence-corrected chi connectivity index (χ4v) is 1.85. The van der Waals surface area contributed by atoms with Gasteiger partial charge < -0.3 is 5.73 Å². The number of hydrogen-bond donors (Lipinski definition) is 1. The lowest BCUT2D eigenvalue weighted by Crippen LogP contribution is -2.25. The molecule has 0 aliphatic carbocycles. The van der Waals surface area contributed by atoms with E-state index in [1.807, 2.05) is 16.4 Å². The molecule has 0 saturated heterocycles. The first-order valence-corrected chi connectivity index (χ1v) is 6.28. The maximum atomic E-state index is 5.98. The van der Waals surface area contributed by atoms with E-state index >= 15 is 0 Å². The van der Waals surface area contributed by atoms with Crippen molar-refractivity contribution in [3.05, 3.63) is 12.2 Å². The van der Waals surface area contributed by atoms with Gasteiger partial charge in [-0.1, -0.05) is 0 Å². The van der Waals surface area contributed by atoms with E-state index in [1.54, 1.807) is 6.33 Å². The molecule has 5 heteroatoms. The van der Waals surface area contributed by atoms with Gasteiger partial charge in [0.25, 0.3) is 0 Å². The Bertz CT molecular complexity index is 261. The second-order valence-electron chi connectivity index (χ2n) is 3.24. The van der Waals surface area contributed by atoms with Crippen LogP contribution < -0.4 is 5.73 Å². The minimum atomic E-state index is 0.206. The first kappa shape index (κ1) is 11.5. The Morgan fingerprint density at radius 1 is 1.64 bits per heavy atom. The van der Waals surface area contributed by atoms with Crippen molar-refractivity contribution in [3.8, 4) is 0 Å². The van der Waals surface area contributed by atoms with Crippen molar-refractivity contribution in [2.45, 2.75) is 32.4 Å². The molecule has 1 aromatic rings. The van der Waals surface area contributed by atoms with Crippen LogP contribution in [0, 0.1) is 0 Å². The molecule has 1 heterocycles. The third kappa shape index (κ3) is 3.31. The molecule has 1 rings (SSSR count). The second-order valence-corrected chi connectivity index (χ2v) is 4.22. The molecule has 0 aliphatic heterocycles. The van der Waals surface area contributed by atoms with E-state index in [2.05, 4.69) is 23.3 Å². The van der Waals surface area contributed by atoms with Crippen molar-refractivity contribution in [3.63, 3.8) is 0 Å². The number of thioether (sulfide) groups is 1. The van der Waals surface area contributed by atoms with Gasteiger partial charge in [0.2, 0.25) is 0 Å². The zero-order valence-electron chi connectivity index (χ0n) is 8.81. The Balaban J connectivity index is 2.42. The summed E-state index contributed by atoms with van der Waals surface area (Å²) in [6.45, 7) is 2.93. The van der Waals surface area contributed by atoms with Crippen LogP contribution in [-0.4, -0.2) is 32.8 Å². The number of rotatable bonds is 6. The molecule has 14 heavy (non-hydrogen) atoms. The average Bonchev–Trinajstić information content (AvgIpc) is 2.62. The predicted octanol–water partition coefficient (Wildman–Crippen LogP) is 0.921. The Hall–Kier alpha value is -0.550. The quantitative estimate of drug-likeness (QED) is 0.765. The van der Waals surface area contributed by atoms with E-state index in [-0.39, 0.29) is 6.04 Å². The monoisotopic (exact) mass is 214 g/mol. The molecular weight excluding hydrogens is 196 g/mol. The number of aromatic nitrogens is 3. The standard InChI is InChI=1S/C9H18N4S/c1-3-13-9(11-7-12-13)6-8(10)4-5-14-2/h7-8H,3-6,10H2,1-2H3. The van der Waals surface area contributed by atoms with Gasteiger partial charge in [-0.3, -0.25) is 4.68 Å². The van der Waals surface area contributed by atoms with Gasteiger partial charge >= 0.3 is 0 Å². The minimum Gasteiger partial charge on any atom is -0.327 e. The summed E-state index contributed by atoms with van der Waals surface area (Å²) in [5.41, 5.74) is 5.98. The first-order chi connectivity index (χ1) is 6.77. The van der Waals surface area contributed by atoms with Gasteiger partial charge in [-0.2, -0.15) is 16.9 Å². The van der Waals surface area contributed by atoms with Gasteiger partial charge in [0.1, 0.15) is 12.2 Å². The van der Waals surface area contributed by atoms with Crippen LogP contribution in [0.15, 0.2) is 6.33 Å². The van der Waals surface area contributed by atoms with Crippen molar-refractivity contribution in [2.75, 3.05) is 12.0 Å². The molecule has 0 bridgehead atoms. The molecule has 1 unspecified atom stereocenters. The number of nitrogens with zero attached hydrogens (tertiary/aromatic N) is 3. The van der Waals surface area contributed by atoms with E-state index < -0.39 is 0 Å². The van der Waals surface area contributed by atoms with Crippen LogP contribution in [0.4, 0.5) is 0 Å². The normalized spacial score (nSPS) is 13.1. The van der Waals surface area contributed by atoms with Crippen molar-refractivity contribution >= 4 is 11.8 Å². The maximum Gasteiger partial charge on any atom is 0.138 e. The van der Waals surface area contributed by atoms with Crippen molar-refractivity contribution in [2.24, 2.45) is 5.73 Å². The van der Waals surface area contributed by atoms with Gasteiger partial charge in [0, 0.05) is 19.0 Å². The summed E-state index contributed by atoms with van der Waals surface area (Å²) in [5, 5.41) is 4.11. The number of aryl methyl sites for hydroxylation is 1. The summed E-state index contributed by atoms with van der Waals surface area (Å²) < 4.78 is 1.90. The Morgan fingerprint density at radius 2 is 2.43 bits per heavy atom. The third-order valence-corrected chi connectivity index (χ3v) is 2.78. The SMILES string of the molecule is CCn1ncnc1CC(N)CCSC. The van der Waals surface area contributed by atoms with Crippen molar-refractivity contribution < 1.29 is 0 Å². The molecule has 0 fully saturated rings. The van der Waals surface area contributed by atoms with Gasteiger partial charge in [0.15, 0.2) is 0 Å².